The summed E-state index contributed by atoms with van der Waals surface area (Å²) in [6.07, 6.45) is 1.20. The highest BCUT2D eigenvalue weighted by Gasteiger charge is 2.41. The molecule has 2 aliphatic rings. The van der Waals surface area contributed by atoms with E-state index in [4.69, 9.17) is 21.1 Å². The lowest BCUT2D eigenvalue weighted by Crippen LogP contribution is -2.57. The third kappa shape index (κ3) is 6.32. The summed E-state index contributed by atoms with van der Waals surface area (Å²) >= 11 is 8.14. The Bertz CT molecular complexity index is 981. The van der Waals surface area contributed by atoms with E-state index in [9.17, 15) is 9.90 Å². The van der Waals surface area contributed by atoms with Crippen molar-refractivity contribution in [1.29, 1.82) is 0 Å². The molecule has 4 rings (SSSR count). The zero-order valence-electron chi connectivity index (χ0n) is 20.3. The minimum Gasteiger partial charge on any atom is -0.490 e. The third-order valence-corrected chi connectivity index (χ3v) is 8.29. The largest absolute Gasteiger partial charge is 0.490 e. The van der Waals surface area contributed by atoms with E-state index in [2.05, 4.69) is 24.0 Å². The average Bonchev–Trinajstić information content (AvgIpc) is 3.21. The molecule has 3 heterocycles. The van der Waals surface area contributed by atoms with Crippen LogP contribution in [0.25, 0.3) is 0 Å². The highest BCUT2D eigenvalue weighted by atomic mass is 35.5. The molecule has 0 aliphatic carbocycles. The van der Waals surface area contributed by atoms with Crippen molar-refractivity contribution >= 4 is 28.8 Å². The van der Waals surface area contributed by atoms with Gasteiger partial charge in [0.15, 0.2) is 0 Å². The van der Waals surface area contributed by atoms with Gasteiger partial charge in [-0.25, -0.2) is 0 Å². The highest BCUT2D eigenvalue weighted by molar-refractivity contribution is 7.11. The first-order valence-corrected chi connectivity index (χ1v) is 13.2. The lowest BCUT2D eigenvalue weighted by atomic mass is 9.95. The molecule has 0 spiro atoms. The molecule has 2 aromatic rings. The van der Waals surface area contributed by atoms with E-state index < -0.39 is 5.60 Å². The summed E-state index contributed by atoms with van der Waals surface area (Å²) in [5.41, 5.74) is 1.19. The SMILES string of the molecule is Cc1ccc(CN2CCOC(COc3cc(C)c(Cl)c(C)c3)(CC(=O)N3CCC(O)CC3)C2)s1. The van der Waals surface area contributed by atoms with E-state index in [0.717, 1.165) is 35.0 Å². The van der Waals surface area contributed by atoms with Gasteiger partial charge in [0.2, 0.25) is 5.91 Å². The minimum absolute atomic E-state index is 0.0628. The lowest BCUT2D eigenvalue weighted by molar-refractivity contribution is -0.158. The van der Waals surface area contributed by atoms with E-state index >= 15 is 0 Å². The van der Waals surface area contributed by atoms with Crippen molar-refractivity contribution in [2.45, 2.75) is 58.3 Å². The normalized spacial score (nSPS) is 22.2. The van der Waals surface area contributed by atoms with E-state index in [1.54, 1.807) is 0 Å². The summed E-state index contributed by atoms with van der Waals surface area (Å²) in [5, 5.41) is 10.6. The summed E-state index contributed by atoms with van der Waals surface area (Å²) in [6, 6.07) is 8.20. The number of nitrogens with zero attached hydrogens (tertiary/aromatic N) is 2. The minimum atomic E-state index is -0.737. The number of aliphatic hydroxyl groups is 1. The van der Waals surface area contributed by atoms with Crippen molar-refractivity contribution in [3.8, 4) is 5.75 Å². The number of aliphatic hydroxyl groups excluding tert-OH is 1. The van der Waals surface area contributed by atoms with Crippen LogP contribution in [-0.2, 0) is 16.1 Å². The Kier molecular flexibility index (Phi) is 8.20. The van der Waals surface area contributed by atoms with Crippen LogP contribution in [0.4, 0.5) is 0 Å². The first kappa shape index (κ1) is 25.5. The van der Waals surface area contributed by atoms with E-state index in [1.807, 2.05) is 42.2 Å². The number of likely N-dealkylation sites (tertiary alicyclic amines) is 1. The molecule has 34 heavy (non-hydrogen) atoms. The zero-order valence-corrected chi connectivity index (χ0v) is 21.9. The molecular weight excluding hydrogens is 472 g/mol. The number of morpholine rings is 1. The van der Waals surface area contributed by atoms with Crippen LogP contribution in [-0.4, -0.2) is 71.9 Å². The molecule has 2 aliphatic heterocycles. The maximum Gasteiger partial charge on any atom is 0.225 e. The second kappa shape index (κ2) is 11.0. The van der Waals surface area contributed by atoms with Crippen molar-refractivity contribution in [3.63, 3.8) is 0 Å². The quantitative estimate of drug-likeness (QED) is 0.605. The standard InChI is InChI=1S/C26H35ClN2O4S/c1-18-12-22(13-19(2)25(18)27)32-17-26(14-24(31)29-8-6-21(30)7-9-29)16-28(10-11-33-26)15-23-5-4-20(3)34-23/h4-5,12-13,21,30H,6-11,14-17H2,1-3H3. The van der Waals surface area contributed by atoms with Gasteiger partial charge in [-0.3, -0.25) is 9.69 Å². The van der Waals surface area contributed by atoms with Crippen LogP contribution >= 0.6 is 22.9 Å². The van der Waals surface area contributed by atoms with Gasteiger partial charge < -0.3 is 19.5 Å². The molecule has 8 heteroatoms. The number of piperidine rings is 1. The van der Waals surface area contributed by atoms with Gasteiger partial charge in [0, 0.05) is 47.5 Å². The lowest BCUT2D eigenvalue weighted by Gasteiger charge is -2.43. The number of amides is 1. The van der Waals surface area contributed by atoms with E-state index in [0.29, 0.717) is 39.1 Å². The number of rotatable bonds is 7. The van der Waals surface area contributed by atoms with Crippen LogP contribution in [0, 0.1) is 20.8 Å². The average molecular weight is 507 g/mol. The van der Waals surface area contributed by atoms with Crippen molar-refractivity contribution < 1.29 is 19.4 Å². The Morgan fingerprint density at radius 1 is 1.21 bits per heavy atom. The van der Waals surface area contributed by atoms with Gasteiger partial charge in [0.05, 0.1) is 19.1 Å². The monoisotopic (exact) mass is 506 g/mol. The molecular formula is C26H35ClN2O4S. The summed E-state index contributed by atoms with van der Waals surface area (Å²) in [5.74, 6) is 0.801. The Hall–Kier alpha value is -1.64. The molecule has 2 fully saturated rings. The molecule has 186 valence electrons. The third-order valence-electron chi connectivity index (χ3n) is 6.71. The number of hydrogen-bond acceptors (Lipinski definition) is 6. The fraction of sp³-hybridized carbons (Fsp3) is 0.577. The molecule has 1 N–H and O–H groups in total. The van der Waals surface area contributed by atoms with Crippen molar-refractivity contribution in [2.75, 3.05) is 39.4 Å². The predicted octanol–water partition coefficient (Wildman–Crippen LogP) is 4.35. The van der Waals surface area contributed by atoms with Gasteiger partial charge in [-0.2, -0.15) is 0 Å². The zero-order chi connectivity index (χ0) is 24.3. The molecule has 1 aromatic heterocycles. The number of ether oxygens (including phenoxy) is 2. The molecule has 1 aromatic carbocycles. The number of aryl methyl sites for hydroxylation is 3. The van der Waals surface area contributed by atoms with E-state index in [1.165, 1.54) is 9.75 Å². The van der Waals surface area contributed by atoms with Gasteiger partial charge in [-0.15, -0.1) is 11.3 Å². The molecule has 1 unspecified atom stereocenters. The maximum atomic E-state index is 13.3. The molecule has 2 saturated heterocycles. The molecule has 1 amide bonds. The fourth-order valence-electron chi connectivity index (χ4n) is 4.80. The smallest absolute Gasteiger partial charge is 0.225 e. The molecule has 6 nitrogen and oxygen atoms in total. The van der Waals surface area contributed by atoms with Crippen LogP contribution in [0.15, 0.2) is 24.3 Å². The number of carbonyl (C=O) groups excluding carboxylic acids is 1. The summed E-state index contributed by atoms with van der Waals surface area (Å²) < 4.78 is 12.6. The Morgan fingerprint density at radius 3 is 2.56 bits per heavy atom. The number of thiophene rings is 1. The fourth-order valence-corrected chi connectivity index (χ4v) is 5.84. The number of carbonyl (C=O) groups is 1. The Balaban J connectivity index is 1.50. The summed E-state index contributed by atoms with van der Waals surface area (Å²) in [6.45, 7) is 10.4. The first-order chi connectivity index (χ1) is 16.2. The van der Waals surface area contributed by atoms with Crippen LogP contribution in [0.5, 0.6) is 5.75 Å². The van der Waals surface area contributed by atoms with Crippen molar-refractivity contribution in [3.05, 3.63) is 50.2 Å². The van der Waals surface area contributed by atoms with Gasteiger partial charge in [-0.05, 0) is 69.0 Å². The van der Waals surface area contributed by atoms with Crippen molar-refractivity contribution in [2.24, 2.45) is 0 Å². The topological polar surface area (TPSA) is 62.2 Å². The molecule has 0 saturated carbocycles. The van der Waals surface area contributed by atoms with Crippen molar-refractivity contribution in [1.82, 2.24) is 9.80 Å². The highest BCUT2D eigenvalue weighted by Crippen LogP contribution is 2.30. The van der Waals surface area contributed by atoms with Crippen LogP contribution < -0.4 is 4.74 Å². The van der Waals surface area contributed by atoms with Crippen LogP contribution in [0.1, 0.15) is 40.1 Å². The molecule has 0 radical (unpaired) electrons. The summed E-state index contributed by atoms with van der Waals surface area (Å²) in [7, 11) is 0. The van der Waals surface area contributed by atoms with Gasteiger partial charge in [0.1, 0.15) is 18.0 Å². The number of benzene rings is 1. The number of halogens is 1. The predicted molar refractivity (Wildman–Crippen MR) is 136 cm³/mol. The van der Waals surface area contributed by atoms with Crippen LogP contribution in [0.3, 0.4) is 0 Å². The number of hydrogen-bond donors (Lipinski definition) is 1. The Morgan fingerprint density at radius 2 is 1.91 bits per heavy atom. The van der Waals surface area contributed by atoms with Gasteiger partial charge in [0.25, 0.3) is 0 Å². The Labute approximate surface area is 211 Å². The maximum absolute atomic E-state index is 13.3. The second-order valence-electron chi connectivity index (χ2n) is 9.70. The van der Waals surface area contributed by atoms with Gasteiger partial charge in [-0.1, -0.05) is 11.6 Å². The molecule has 0 bridgehead atoms. The van der Waals surface area contributed by atoms with E-state index in [-0.39, 0.29) is 25.0 Å². The van der Waals surface area contributed by atoms with Gasteiger partial charge >= 0.3 is 0 Å². The van der Waals surface area contributed by atoms with Crippen LogP contribution in [0.2, 0.25) is 5.02 Å². The second-order valence-corrected chi connectivity index (χ2v) is 11.5. The summed E-state index contributed by atoms with van der Waals surface area (Å²) in [4.78, 5) is 20.1. The molecule has 1 atom stereocenters. The first-order valence-electron chi connectivity index (χ1n) is 12.0.